The number of aromatic nitrogens is 1. The predicted octanol–water partition coefficient (Wildman–Crippen LogP) is 7.87. The molecule has 5 rings (SSSR count). The number of ether oxygens (including phenoxy) is 2. The fraction of sp³-hybridized carbons (Fsp3) is 0.0882. The van der Waals surface area contributed by atoms with Crippen LogP contribution in [-0.2, 0) is 11.4 Å². The van der Waals surface area contributed by atoms with Crippen molar-refractivity contribution in [2.75, 3.05) is 5.75 Å². The highest BCUT2D eigenvalue weighted by molar-refractivity contribution is 7.99. The Balaban J connectivity index is 1.30. The van der Waals surface area contributed by atoms with Crippen molar-refractivity contribution in [2.45, 2.75) is 18.6 Å². The van der Waals surface area contributed by atoms with Crippen LogP contribution in [0.2, 0.25) is 0 Å². The summed E-state index contributed by atoms with van der Waals surface area (Å²) in [6.45, 7) is 2.49. The van der Waals surface area contributed by atoms with Crippen molar-refractivity contribution in [3.05, 3.63) is 132 Å². The van der Waals surface area contributed by atoms with E-state index in [9.17, 15) is 10.1 Å². The molecule has 4 aromatic carbocycles. The first-order valence-corrected chi connectivity index (χ1v) is 13.8. The molecule has 196 valence electrons. The van der Waals surface area contributed by atoms with Gasteiger partial charge in [0, 0.05) is 11.1 Å². The minimum Gasteiger partial charge on any atom is -0.489 e. The van der Waals surface area contributed by atoms with Gasteiger partial charge in [0.05, 0.1) is 17.0 Å². The van der Waals surface area contributed by atoms with Crippen LogP contribution in [-0.4, -0.2) is 16.7 Å². The zero-order valence-electron chi connectivity index (χ0n) is 21.9. The summed E-state index contributed by atoms with van der Waals surface area (Å²) in [6, 6.07) is 38.9. The molecule has 0 atom stereocenters. The third-order valence-electron chi connectivity index (χ3n) is 6.16. The Morgan fingerprint density at radius 3 is 2.15 bits per heavy atom. The smallest absolute Gasteiger partial charge is 0.321 e. The van der Waals surface area contributed by atoms with Gasteiger partial charge in [-0.3, -0.25) is 4.79 Å². The molecule has 5 nitrogen and oxygen atoms in total. The molecule has 0 N–H and O–H groups in total. The summed E-state index contributed by atoms with van der Waals surface area (Å²) in [5.74, 6) is 0.668. The van der Waals surface area contributed by atoms with Crippen LogP contribution < -0.4 is 9.47 Å². The van der Waals surface area contributed by atoms with Crippen LogP contribution in [0.3, 0.4) is 0 Å². The second-order valence-corrected chi connectivity index (χ2v) is 10.1. The maximum atomic E-state index is 12.7. The van der Waals surface area contributed by atoms with Gasteiger partial charge >= 0.3 is 5.97 Å². The van der Waals surface area contributed by atoms with Gasteiger partial charge in [0.15, 0.2) is 0 Å². The predicted molar refractivity (Wildman–Crippen MR) is 158 cm³/mol. The minimum absolute atomic E-state index is 0.000477. The summed E-state index contributed by atoms with van der Waals surface area (Å²) in [4.78, 5) is 17.5. The molecule has 40 heavy (non-hydrogen) atoms. The number of carbonyl (C=O) groups is 1. The van der Waals surface area contributed by atoms with Crippen LogP contribution >= 0.6 is 11.8 Å². The van der Waals surface area contributed by atoms with Crippen molar-refractivity contribution in [1.29, 1.82) is 5.26 Å². The fourth-order valence-corrected chi connectivity index (χ4v) is 4.86. The van der Waals surface area contributed by atoms with E-state index >= 15 is 0 Å². The number of nitriles is 1. The number of aryl methyl sites for hydroxylation is 1. The zero-order chi connectivity index (χ0) is 27.7. The van der Waals surface area contributed by atoms with Crippen molar-refractivity contribution >= 4 is 17.7 Å². The second kappa shape index (κ2) is 12.8. The Kier molecular flexibility index (Phi) is 8.55. The van der Waals surface area contributed by atoms with Gasteiger partial charge in [0.2, 0.25) is 0 Å². The monoisotopic (exact) mass is 542 g/mol. The summed E-state index contributed by atoms with van der Waals surface area (Å²) in [5, 5.41) is 10.6. The van der Waals surface area contributed by atoms with Gasteiger partial charge in [0.25, 0.3) is 0 Å². The SMILES string of the molecule is Cc1ccc(-c2cc(-c3ccccc3)c(C#N)c(SCC(=O)Oc3ccc(OCc4ccccc4)cc3)n2)cc1. The van der Waals surface area contributed by atoms with Crippen LogP contribution in [0.5, 0.6) is 11.5 Å². The minimum atomic E-state index is -0.435. The van der Waals surface area contributed by atoms with Gasteiger partial charge in [-0.05, 0) is 48.4 Å². The number of thioether (sulfide) groups is 1. The van der Waals surface area contributed by atoms with Gasteiger partial charge < -0.3 is 9.47 Å². The Labute approximate surface area is 238 Å². The van der Waals surface area contributed by atoms with E-state index in [-0.39, 0.29) is 5.75 Å². The van der Waals surface area contributed by atoms with E-state index in [1.165, 1.54) is 11.8 Å². The maximum absolute atomic E-state index is 12.7. The van der Waals surface area contributed by atoms with Gasteiger partial charge in [0.1, 0.15) is 29.2 Å². The molecule has 0 aliphatic carbocycles. The highest BCUT2D eigenvalue weighted by Crippen LogP contribution is 2.34. The number of nitrogens with zero attached hydrogens (tertiary/aromatic N) is 2. The lowest BCUT2D eigenvalue weighted by Crippen LogP contribution is -2.11. The van der Waals surface area contributed by atoms with Crippen LogP contribution in [0, 0.1) is 18.3 Å². The van der Waals surface area contributed by atoms with Crippen molar-refractivity contribution in [2.24, 2.45) is 0 Å². The van der Waals surface area contributed by atoms with Crippen molar-refractivity contribution in [3.8, 4) is 40.0 Å². The molecular formula is C34H26N2O3S. The zero-order valence-corrected chi connectivity index (χ0v) is 22.7. The molecule has 1 heterocycles. The van der Waals surface area contributed by atoms with Gasteiger partial charge in [-0.1, -0.05) is 102 Å². The third kappa shape index (κ3) is 6.76. The first kappa shape index (κ1) is 26.7. The average Bonchev–Trinajstić information content (AvgIpc) is 3.00. The first-order chi connectivity index (χ1) is 19.6. The molecule has 5 aromatic rings. The summed E-state index contributed by atoms with van der Waals surface area (Å²) >= 11 is 1.20. The summed E-state index contributed by atoms with van der Waals surface area (Å²) in [5.41, 5.74) is 6.01. The molecule has 0 saturated carbocycles. The summed E-state index contributed by atoms with van der Waals surface area (Å²) in [6.07, 6.45) is 0. The van der Waals surface area contributed by atoms with Gasteiger partial charge in [-0.15, -0.1) is 0 Å². The largest absolute Gasteiger partial charge is 0.489 e. The molecule has 0 aliphatic rings. The van der Waals surface area contributed by atoms with E-state index < -0.39 is 5.97 Å². The molecule has 0 aliphatic heterocycles. The number of hydrogen-bond acceptors (Lipinski definition) is 6. The van der Waals surface area contributed by atoms with E-state index in [4.69, 9.17) is 14.5 Å². The molecule has 0 radical (unpaired) electrons. The first-order valence-electron chi connectivity index (χ1n) is 12.8. The molecule has 0 fully saturated rings. The van der Waals surface area contributed by atoms with Crippen molar-refractivity contribution in [1.82, 2.24) is 4.98 Å². The molecule has 0 unspecified atom stereocenters. The van der Waals surface area contributed by atoms with Gasteiger partial charge in [-0.25, -0.2) is 4.98 Å². The molecule has 6 heteroatoms. The van der Waals surface area contributed by atoms with Crippen molar-refractivity contribution in [3.63, 3.8) is 0 Å². The fourth-order valence-electron chi connectivity index (χ4n) is 4.08. The molecule has 0 spiro atoms. The lowest BCUT2D eigenvalue weighted by molar-refractivity contribution is -0.131. The second-order valence-electron chi connectivity index (χ2n) is 9.09. The van der Waals surface area contributed by atoms with E-state index in [1.54, 1.807) is 24.3 Å². The van der Waals surface area contributed by atoms with Crippen LogP contribution in [0.4, 0.5) is 0 Å². The summed E-state index contributed by atoms with van der Waals surface area (Å²) < 4.78 is 11.3. The van der Waals surface area contributed by atoms with Crippen LogP contribution in [0.1, 0.15) is 16.7 Å². The molecule has 0 bridgehead atoms. The lowest BCUT2D eigenvalue weighted by Gasteiger charge is -2.13. The highest BCUT2D eigenvalue weighted by atomic mass is 32.2. The van der Waals surface area contributed by atoms with E-state index in [0.717, 1.165) is 33.5 Å². The maximum Gasteiger partial charge on any atom is 0.321 e. The number of pyridine rings is 1. The topological polar surface area (TPSA) is 72.2 Å². The average molecular weight is 543 g/mol. The molecule has 1 aromatic heterocycles. The number of hydrogen-bond donors (Lipinski definition) is 0. The number of carbonyl (C=O) groups excluding carboxylic acids is 1. The lowest BCUT2D eigenvalue weighted by atomic mass is 9.99. The number of benzene rings is 4. The number of rotatable bonds is 9. The quantitative estimate of drug-likeness (QED) is 0.107. The van der Waals surface area contributed by atoms with Crippen LogP contribution in [0.25, 0.3) is 22.4 Å². The normalized spacial score (nSPS) is 10.5. The Morgan fingerprint density at radius 2 is 1.48 bits per heavy atom. The molecule has 0 amide bonds. The van der Waals surface area contributed by atoms with Crippen LogP contribution in [0.15, 0.2) is 120 Å². The van der Waals surface area contributed by atoms with E-state index in [1.807, 2.05) is 97.9 Å². The third-order valence-corrected chi connectivity index (χ3v) is 7.11. The Bertz CT molecular complexity index is 1630. The van der Waals surface area contributed by atoms with E-state index in [0.29, 0.717) is 28.7 Å². The Hall–Kier alpha value is -4.86. The number of esters is 1. The Morgan fingerprint density at radius 1 is 0.825 bits per heavy atom. The van der Waals surface area contributed by atoms with E-state index in [2.05, 4.69) is 6.07 Å². The molecule has 0 saturated heterocycles. The molecular weight excluding hydrogens is 516 g/mol. The highest BCUT2D eigenvalue weighted by Gasteiger charge is 2.17. The summed E-state index contributed by atoms with van der Waals surface area (Å²) in [7, 11) is 0. The standard InChI is InChI=1S/C34H26N2O3S/c1-24-12-14-27(15-13-24)32-20-30(26-10-6-3-7-11-26)31(21-35)34(36-32)40-23-33(37)39-29-18-16-28(17-19-29)38-22-25-8-4-2-5-9-25/h2-20H,22-23H2,1H3. The van der Waals surface area contributed by atoms with Crippen molar-refractivity contribution < 1.29 is 14.3 Å². The van der Waals surface area contributed by atoms with Gasteiger partial charge in [-0.2, -0.15) is 5.26 Å².